The molecular formula is C15H15ClN2O. The number of amidine groups is 1. The zero-order valence-electron chi connectivity index (χ0n) is 10.4. The van der Waals surface area contributed by atoms with Crippen LogP contribution in [0.1, 0.15) is 11.1 Å². The largest absolute Gasteiger partial charge is 0.485 e. The van der Waals surface area contributed by atoms with Crippen LogP contribution in [0.2, 0.25) is 5.02 Å². The van der Waals surface area contributed by atoms with Crippen LogP contribution in [-0.2, 0) is 6.42 Å². The number of ether oxygens (including phenoxy) is 1. The Morgan fingerprint density at radius 1 is 1.11 bits per heavy atom. The molecule has 0 spiro atoms. The molecule has 19 heavy (non-hydrogen) atoms. The summed E-state index contributed by atoms with van der Waals surface area (Å²) in [5.74, 6) is 0.772. The standard InChI is InChI=1S/C15H15ClN2O/c16-13-7-5-11(6-8-13)9-12-3-1-2-4-14(12)19-10-15(17)18/h1-8H,9-10H2,(H3,17,18). The number of benzene rings is 2. The summed E-state index contributed by atoms with van der Waals surface area (Å²) in [6, 6.07) is 15.5. The van der Waals surface area contributed by atoms with Crippen LogP contribution in [0.3, 0.4) is 0 Å². The van der Waals surface area contributed by atoms with Crippen LogP contribution in [0, 0.1) is 5.41 Å². The Balaban J connectivity index is 2.15. The number of hydrogen-bond donors (Lipinski definition) is 2. The molecule has 0 heterocycles. The lowest BCUT2D eigenvalue weighted by molar-refractivity contribution is 0.371. The minimum atomic E-state index is 0.0151. The smallest absolute Gasteiger partial charge is 0.145 e. The molecule has 98 valence electrons. The molecule has 0 saturated carbocycles. The van der Waals surface area contributed by atoms with E-state index in [1.54, 1.807) is 0 Å². The summed E-state index contributed by atoms with van der Waals surface area (Å²) in [6.45, 7) is 0.109. The second-order valence-electron chi connectivity index (χ2n) is 4.22. The Kier molecular flexibility index (Phi) is 4.42. The van der Waals surface area contributed by atoms with E-state index in [0.29, 0.717) is 0 Å². The molecule has 3 nitrogen and oxygen atoms in total. The van der Waals surface area contributed by atoms with Crippen molar-refractivity contribution in [2.24, 2.45) is 5.73 Å². The molecule has 2 rings (SSSR count). The molecule has 0 unspecified atom stereocenters. The fourth-order valence-electron chi connectivity index (χ4n) is 1.77. The first-order valence-electron chi connectivity index (χ1n) is 5.93. The normalized spacial score (nSPS) is 10.2. The number of rotatable bonds is 5. The highest BCUT2D eigenvalue weighted by Crippen LogP contribution is 2.22. The molecule has 0 saturated heterocycles. The molecule has 4 heteroatoms. The van der Waals surface area contributed by atoms with Gasteiger partial charge in [0.1, 0.15) is 18.2 Å². The number of nitrogens with two attached hydrogens (primary N) is 1. The fourth-order valence-corrected chi connectivity index (χ4v) is 1.89. The first-order chi connectivity index (χ1) is 9.15. The quantitative estimate of drug-likeness (QED) is 0.649. The maximum Gasteiger partial charge on any atom is 0.145 e. The van der Waals surface area contributed by atoms with Crippen molar-refractivity contribution in [1.29, 1.82) is 5.41 Å². The number of para-hydroxylation sites is 1. The summed E-state index contributed by atoms with van der Waals surface area (Å²) < 4.78 is 5.52. The predicted octanol–water partition coefficient (Wildman–Crippen LogP) is 3.25. The summed E-state index contributed by atoms with van der Waals surface area (Å²) in [5.41, 5.74) is 7.52. The van der Waals surface area contributed by atoms with Gasteiger partial charge in [0.05, 0.1) is 0 Å². The minimum Gasteiger partial charge on any atom is -0.485 e. The monoisotopic (exact) mass is 274 g/mol. The highest BCUT2D eigenvalue weighted by molar-refractivity contribution is 6.30. The molecule has 0 aliphatic rings. The molecule has 0 aliphatic heterocycles. The third kappa shape index (κ3) is 4.00. The van der Waals surface area contributed by atoms with Crippen LogP contribution >= 0.6 is 11.6 Å². The van der Waals surface area contributed by atoms with Crippen molar-refractivity contribution in [3.05, 3.63) is 64.7 Å². The molecule has 0 fully saturated rings. The van der Waals surface area contributed by atoms with E-state index in [9.17, 15) is 0 Å². The molecule has 0 bridgehead atoms. The van der Waals surface area contributed by atoms with Crippen molar-refractivity contribution in [2.75, 3.05) is 6.61 Å². The zero-order chi connectivity index (χ0) is 13.7. The Labute approximate surface area is 117 Å². The second-order valence-corrected chi connectivity index (χ2v) is 4.66. The van der Waals surface area contributed by atoms with Crippen molar-refractivity contribution in [2.45, 2.75) is 6.42 Å². The van der Waals surface area contributed by atoms with Crippen LogP contribution in [0.5, 0.6) is 5.75 Å². The van der Waals surface area contributed by atoms with E-state index in [1.807, 2.05) is 48.5 Å². The first kappa shape index (κ1) is 13.4. The highest BCUT2D eigenvalue weighted by Gasteiger charge is 2.04. The van der Waals surface area contributed by atoms with E-state index in [1.165, 1.54) is 0 Å². The van der Waals surface area contributed by atoms with E-state index in [2.05, 4.69) is 0 Å². The van der Waals surface area contributed by atoms with Crippen LogP contribution < -0.4 is 10.5 Å². The lowest BCUT2D eigenvalue weighted by atomic mass is 10.0. The van der Waals surface area contributed by atoms with Crippen molar-refractivity contribution < 1.29 is 4.74 Å². The van der Waals surface area contributed by atoms with E-state index >= 15 is 0 Å². The molecule has 0 aliphatic carbocycles. The molecule has 2 aromatic rings. The first-order valence-corrected chi connectivity index (χ1v) is 6.31. The highest BCUT2D eigenvalue weighted by atomic mass is 35.5. The molecule has 0 radical (unpaired) electrons. The van der Waals surface area contributed by atoms with Gasteiger partial charge in [-0.05, 0) is 29.3 Å². The van der Waals surface area contributed by atoms with Gasteiger partial charge in [-0.25, -0.2) is 0 Å². The van der Waals surface area contributed by atoms with Crippen molar-refractivity contribution in [3.8, 4) is 5.75 Å². The lowest BCUT2D eigenvalue weighted by Gasteiger charge is -2.11. The van der Waals surface area contributed by atoms with Crippen molar-refractivity contribution >= 4 is 17.4 Å². The van der Waals surface area contributed by atoms with Gasteiger partial charge in [-0.2, -0.15) is 0 Å². The maximum absolute atomic E-state index is 7.20. The summed E-state index contributed by atoms with van der Waals surface area (Å²) in [5, 5.41) is 7.92. The van der Waals surface area contributed by atoms with Crippen LogP contribution in [0.15, 0.2) is 48.5 Å². The van der Waals surface area contributed by atoms with Gasteiger partial charge in [-0.3, -0.25) is 5.41 Å². The third-order valence-corrected chi connectivity index (χ3v) is 2.92. The van der Waals surface area contributed by atoms with Crippen molar-refractivity contribution in [3.63, 3.8) is 0 Å². The topological polar surface area (TPSA) is 59.1 Å². The van der Waals surface area contributed by atoms with Gasteiger partial charge in [0.15, 0.2) is 0 Å². The van der Waals surface area contributed by atoms with E-state index in [0.717, 1.165) is 28.3 Å². The molecule has 3 N–H and O–H groups in total. The summed E-state index contributed by atoms with van der Waals surface area (Å²) in [7, 11) is 0. The molecule has 0 amide bonds. The average Bonchev–Trinajstić information content (AvgIpc) is 2.40. The van der Waals surface area contributed by atoms with E-state index in [-0.39, 0.29) is 12.4 Å². The molecular weight excluding hydrogens is 260 g/mol. The van der Waals surface area contributed by atoms with Gasteiger partial charge in [0.2, 0.25) is 0 Å². The van der Waals surface area contributed by atoms with Gasteiger partial charge in [-0.1, -0.05) is 41.9 Å². The minimum absolute atomic E-state index is 0.0151. The SMILES string of the molecule is N=C(N)COc1ccccc1Cc1ccc(Cl)cc1. The van der Waals surface area contributed by atoms with Gasteiger partial charge >= 0.3 is 0 Å². The van der Waals surface area contributed by atoms with Gasteiger partial charge in [-0.15, -0.1) is 0 Å². The lowest BCUT2D eigenvalue weighted by Crippen LogP contribution is -2.19. The summed E-state index contributed by atoms with van der Waals surface area (Å²) in [6.07, 6.45) is 0.755. The predicted molar refractivity (Wildman–Crippen MR) is 78.1 cm³/mol. The summed E-state index contributed by atoms with van der Waals surface area (Å²) in [4.78, 5) is 0. The Hall–Kier alpha value is -2.00. The van der Waals surface area contributed by atoms with Gasteiger partial charge in [0.25, 0.3) is 0 Å². The molecule has 0 aromatic heterocycles. The van der Waals surface area contributed by atoms with Crippen LogP contribution in [-0.4, -0.2) is 12.4 Å². The third-order valence-electron chi connectivity index (χ3n) is 2.66. The number of halogens is 1. The van der Waals surface area contributed by atoms with E-state index < -0.39 is 0 Å². The fraction of sp³-hybridized carbons (Fsp3) is 0.133. The molecule has 0 atom stereocenters. The van der Waals surface area contributed by atoms with Gasteiger partial charge in [0, 0.05) is 11.4 Å². The average molecular weight is 275 g/mol. The number of nitrogens with one attached hydrogen (secondary N) is 1. The number of hydrogen-bond acceptors (Lipinski definition) is 2. The maximum atomic E-state index is 7.20. The summed E-state index contributed by atoms with van der Waals surface area (Å²) >= 11 is 5.87. The Morgan fingerprint density at radius 2 is 1.79 bits per heavy atom. The van der Waals surface area contributed by atoms with Crippen LogP contribution in [0.4, 0.5) is 0 Å². The molecule has 2 aromatic carbocycles. The second kappa shape index (κ2) is 6.25. The van der Waals surface area contributed by atoms with Crippen LogP contribution in [0.25, 0.3) is 0 Å². The zero-order valence-corrected chi connectivity index (χ0v) is 11.2. The Bertz CT molecular complexity index is 567. The van der Waals surface area contributed by atoms with E-state index in [4.69, 9.17) is 27.5 Å². The van der Waals surface area contributed by atoms with Crippen molar-refractivity contribution in [1.82, 2.24) is 0 Å². The Morgan fingerprint density at radius 3 is 2.47 bits per heavy atom. The van der Waals surface area contributed by atoms with Gasteiger partial charge < -0.3 is 10.5 Å².